The van der Waals surface area contributed by atoms with Crippen molar-refractivity contribution in [3.63, 3.8) is 0 Å². The first-order valence-corrected chi connectivity index (χ1v) is 6.82. The third-order valence-corrected chi connectivity index (χ3v) is 3.93. The molecule has 0 fully saturated rings. The molecule has 88 valence electrons. The number of aromatic nitrogens is 2. The first-order valence-electron chi connectivity index (χ1n) is 5.54. The predicted octanol–water partition coefficient (Wildman–Crippen LogP) is 1.07. The first-order chi connectivity index (χ1) is 7.70. The number of fused-ring (bicyclic) bond motifs is 1. The van der Waals surface area contributed by atoms with E-state index in [0.29, 0.717) is 0 Å². The molecule has 2 rings (SSSR count). The summed E-state index contributed by atoms with van der Waals surface area (Å²) in [6, 6.07) is 0.254. The van der Waals surface area contributed by atoms with Gasteiger partial charge in [0.15, 0.2) is 0 Å². The summed E-state index contributed by atoms with van der Waals surface area (Å²) < 4.78 is 2.12. The van der Waals surface area contributed by atoms with Crippen LogP contribution < -0.4 is 5.32 Å². The van der Waals surface area contributed by atoms with Gasteiger partial charge in [-0.1, -0.05) is 0 Å². The van der Waals surface area contributed by atoms with Gasteiger partial charge in [-0.25, -0.2) is 4.98 Å². The largest absolute Gasteiger partial charge is 0.351 e. The van der Waals surface area contributed by atoms with E-state index in [-0.39, 0.29) is 17.2 Å². The minimum Gasteiger partial charge on any atom is -0.351 e. The maximum atomic E-state index is 11.7. The van der Waals surface area contributed by atoms with Gasteiger partial charge in [-0.05, 0) is 19.6 Å². The SMILES string of the molecule is CS[C@H](C)C(=O)N[C@@H]1CCc2nccn2C1. The molecule has 1 amide bonds. The number of nitrogens with one attached hydrogen (secondary N) is 1. The number of carbonyl (C=O) groups is 1. The summed E-state index contributed by atoms with van der Waals surface area (Å²) in [6.45, 7) is 2.79. The highest BCUT2D eigenvalue weighted by molar-refractivity contribution is 7.99. The molecule has 2 heterocycles. The van der Waals surface area contributed by atoms with Gasteiger partial charge in [0.1, 0.15) is 5.82 Å². The summed E-state index contributed by atoms with van der Waals surface area (Å²) in [7, 11) is 0. The summed E-state index contributed by atoms with van der Waals surface area (Å²) in [5.74, 6) is 1.27. The van der Waals surface area contributed by atoms with Gasteiger partial charge in [0, 0.05) is 31.4 Å². The van der Waals surface area contributed by atoms with Crippen LogP contribution >= 0.6 is 11.8 Å². The fraction of sp³-hybridized carbons (Fsp3) is 0.636. The van der Waals surface area contributed by atoms with Gasteiger partial charge < -0.3 is 9.88 Å². The molecule has 1 aromatic rings. The van der Waals surface area contributed by atoms with E-state index in [2.05, 4.69) is 14.9 Å². The number of hydrogen-bond donors (Lipinski definition) is 1. The minimum absolute atomic E-state index is 0.0317. The zero-order valence-electron chi connectivity index (χ0n) is 9.64. The average Bonchev–Trinajstić information content (AvgIpc) is 2.75. The number of nitrogens with zero attached hydrogens (tertiary/aromatic N) is 2. The van der Waals surface area contributed by atoms with Crippen LogP contribution in [0, 0.1) is 0 Å². The van der Waals surface area contributed by atoms with Gasteiger partial charge in [-0.15, -0.1) is 0 Å². The molecule has 0 spiro atoms. The van der Waals surface area contributed by atoms with E-state index in [1.165, 1.54) is 0 Å². The highest BCUT2D eigenvalue weighted by Gasteiger charge is 2.21. The summed E-state index contributed by atoms with van der Waals surface area (Å²) >= 11 is 1.58. The smallest absolute Gasteiger partial charge is 0.233 e. The maximum Gasteiger partial charge on any atom is 0.233 e. The Balaban J connectivity index is 1.92. The monoisotopic (exact) mass is 239 g/mol. The second-order valence-corrected chi connectivity index (χ2v) is 5.30. The molecule has 0 aromatic carbocycles. The molecule has 0 saturated heterocycles. The molecule has 0 aliphatic carbocycles. The van der Waals surface area contributed by atoms with Gasteiger partial charge in [0.25, 0.3) is 0 Å². The number of aryl methyl sites for hydroxylation is 1. The molecule has 1 aliphatic heterocycles. The summed E-state index contributed by atoms with van der Waals surface area (Å²) in [4.78, 5) is 16.0. The van der Waals surface area contributed by atoms with Gasteiger partial charge in [0.2, 0.25) is 5.91 Å². The summed E-state index contributed by atoms with van der Waals surface area (Å²) in [5.41, 5.74) is 0. The van der Waals surface area contributed by atoms with Crippen LogP contribution in [0.25, 0.3) is 0 Å². The number of thioether (sulfide) groups is 1. The van der Waals surface area contributed by atoms with E-state index < -0.39 is 0 Å². The minimum atomic E-state index is 0.0317. The molecule has 5 heteroatoms. The Kier molecular flexibility index (Phi) is 3.53. The fourth-order valence-electron chi connectivity index (χ4n) is 1.91. The van der Waals surface area contributed by atoms with Gasteiger partial charge in [-0.2, -0.15) is 11.8 Å². The van der Waals surface area contributed by atoms with Gasteiger partial charge in [0.05, 0.1) is 5.25 Å². The van der Waals surface area contributed by atoms with Crippen LogP contribution in [-0.2, 0) is 17.8 Å². The molecule has 0 unspecified atom stereocenters. The fourth-order valence-corrected chi connectivity index (χ4v) is 2.19. The van der Waals surface area contributed by atoms with Crippen molar-refractivity contribution in [3.8, 4) is 0 Å². The molecule has 16 heavy (non-hydrogen) atoms. The molecular weight excluding hydrogens is 222 g/mol. The lowest BCUT2D eigenvalue weighted by atomic mass is 10.1. The quantitative estimate of drug-likeness (QED) is 0.858. The van der Waals surface area contributed by atoms with Crippen LogP contribution in [0.15, 0.2) is 12.4 Å². The van der Waals surface area contributed by atoms with E-state index in [0.717, 1.165) is 25.2 Å². The lowest BCUT2D eigenvalue weighted by Crippen LogP contribution is -2.43. The van der Waals surface area contributed by atoms with Crippen LogP contribution in [0.2, 0.25) is 0 Å². The Bertz CT molecular complexity index is 377. The normalized spacial score (nSPS) is 21.2. The second kappa shape index (κ2) is 4.91. The van der Waals surface area contributed by atoms with E-state index in [1.54, 1.807) is 11.8 Å². The van der Waals surface area contributed by atoms with Crippen molar-refractivity contribution in [1.82, 2.24) is 14.9 Å². The lowest BCUT2D eigenvalue weighted by molar-refractivity contribution is -0.121. The summed E-state index contributed by atoms with van der Waals surface area (Å²) in [6.07, 6.45) is 7.70. The Morgan fingerprint density at radius 1 is 1.75 bits per heavy atom. The molecule has 4 nitrogen and oxygen atoms in total. The Labute approximate surface area is 99.8 Å². The highest BCUT2D eigenvalue weighted by atomic mass is 32.2. The molecule has 1 aromatic heterocycles. The van der Waals surface area contributed by atoms with E-state index in [9.17, 15) is 4.79 Å². The molecule has 1 N–H and O–H groups in total. The maximum absolute atomic E-state index is 11.7. The predicted molar refractivity (Wildman–Crippen MR) is 65.5 cm³/mol. The Morgan fingerprint density at radius 2 is 2.56 bits per heavy atom. The van der Waals surface area contributed by atoms with E-state index >= 15 is 0 Å². The van der Waals surface area contributed by atoms with E-state index in [4.69, 9.17) is 0 Å². The third kappa shape index (κ3) is 2.40. The second-order valence-electron chi connectivity index (χ2n) is 4.12. The van der Waals surface area contributed by atoms with Crippen molar-refractivity contribution in [2.24, 2.45) is 0 Å². The summed E-state index contributed by atoms with van der Waals surface area (Å²) in [5, 5.41) is 3.12. The van der Waals surface area contributed by atoms with Gasteiger partial charge >= 0.3 is 0 Å². The number of rotatable bonds is 3. The van der Waals surface area contributed by atoms with Crippen LogP contribution in [-0.4, -0.2) is 33.0 Å². The standard InChI is InChI=1S/C11H17N3OS/c1-8(16-2)11(15)13-9-3-4-10-12-5-6-14(10)7-9/h5-6,8-9H,3-4,7H2,1-2H3,(H,13,15)/t8-,9-/m1/s1. The van der Waals surface area contributed by atoms with Crippen LogP contribution in [0.5, 0.6) is 0 Å². The topological polar surface area (TPSA) is 46.9 Å². The van der Waals surface area contributed by atoms with Crippen molar-refractivity contribution in [3.05, 3.63) is 18.2 Å². The van der Waals surface area contributed by atoms with Crippen molar-refractivity contribution in [1.29, 1.82) is 0 Å². The molecule has 0 saturated carbocycles. The lowest BCUT2D eigenvalue weighted by Gasteiger charge is -2.25. The van der Waals surface area contributed by atoms with Crippen LogP contribution in [0.4, 0.5) is 0 Å². The number of carbonyl (C=O) groups excluding carboxylic acids is 1. The van der Waals surface area contributed by atoms with Crippen molar-refractivity contribution in [2.45, 2.75) is 37.6 Å². The Hall–Kier alpha value is -0.970. The third-order valence-electron chi connectivity index (χ3n) is 3.00. The molecule has 0 bridgehead atoms. The average molecular weight is 239 g/mol. The van der Waals surface area contributed by atoms with Crippen molar-refractivity contribution >= 4 is 17.7 Å². The molecule has 2 atom stereocenters. The van der Waals surface area contributed by atoms with Crippen molar-refractivity contribution in [2.75, 3.05) is 6.26 Å². The van der Waals surface area contributed by atoms with Crippen LogP contribution in [0.3, 0.4) is 0 Å². The zero-order chi connectivity index (χ0) is 11.5. The van der Waals surface area contributed by atoms with Gasteiger partial charge in [-0.3, -0.25) is 4.79 Å². The Morgan fingerprint density at radius 3 is 3.31 bits per heavy atom. The zero-order valence-corrected chi connectivity index (χ0v) is 10.5. The van der Waals surface area contributed by atoms with Crippen molar-refractivity contribution < 1.29 is 4.79 Å². The van der Waals surface area contributed by atoms with Crippen LogP contribution in [0.1, 0.15) is 19.2 Å². The molecular formula is C11H17N3OS. The number of hydrogen-bond acceptors (Lipinski definition) is 3. The molecule has 0 radical (unpaired) electrons. The number of amides is 1. The van der Waals surface area contributed by atoms with E-state index in [1.807, 2.05) is 25.6 Å². The number of imidazole rings is 1. The highest BCUT2D eigenvalue weighted by Crippen LogP contribution is 2.14. The first kappa shape index (κ1) is 11.5. The molecule has 1 aliphatic rings.